The van der Waals surface area contributed by atoms with Gasteiger partial charge in [-0.25, -0.2) is 4.79 Å². The van der Waals surface area contributed by atoms with E-state index in [0.29, 0.717) is 12.2 Å². The van der Waals surface area contributed by atoms with Crippen molar-refractivity contribution >= 4 is 11.9 Å². The zero-order valence-corrected chi connectivity index (χ0v) is 11.6. The van der Waals surface area contributed by atoms with Gasteiger partial charge in [0.2, 0.25) is 5.91 Å². The summed E-state index contributed by atoms with van der Waals surface area (Å²) >= 11 is 0. The fourth-order valence-corrected chi connectivity index (χ4v) is 2.39. The second kappa shape index (κ2) is 6.51. The van der Waals surface area contributed by atoms with Gasteiger partial charge >= 0.3 is 5.97 Å². The van der Waals surface area contributed by atoms with Crippen molar-refractivity contribution in [1.29, 1.82) is 0 Å². The Hall–Kier alpha value is -1.89. The first-order valence-electron chi connectivity index (χ1n) is 6.82. The van der Waals surface area contributed by atoms with Gasteiger partial charge in [0.25, 0.3) is 0 Å². The van der Waals surface area contributed by atoms with Gasteiger partial charge in [0.15, 0.2) is 0 Å². The third-order valence-corrected chi connectivity index (χ3v) is 3.57. The lowest BCUT2D eigenvalue weighted by Gasteiger charge is -2.26. The number of carbonyl (C=O) groups is 2. The van der Waals surface area contributed by atoms with Crippen LogP contribution in [0.2, 0.25) is 0 Å². The second-order valence-corrected chi connectivity index (χ2v) is 4.98. The van der Waals surface area contributed by atoms with E-state index in [-0.39, 0.29) is 18.0 Å². The maximum absolute atomic E-state index is 12.0. The molecular formula is C13H20N4O3. The van der Waals surface area contributed by atoms with E-state index in [9.17, 15) is 9.59 Å². The third kappa shape index (κ3) is 3.36. The van der Waals surface area contributed by atoms with Crippen molar-refractivity contribution in [2.45, 2.75) is 25.8 Å². The lowest BCUT2D eigenvalue weighted by molar-refractivity contribution is -0.131. The normalized spacial score (nSPS) is 15.3. The molecule has 0 atom stereocenters. The third-order valence-electron chi connectivity index (χ3n) is 3.57. The molecule has 2 N–H and O–H groups in total. The molecule has 110 valence electrons. The number of piperidine rings is 1. The van der Waals surface area contributed by atoms with Crippen molar-refractivity contribution in [3.63, 3.8) is 0 Å². The molecule has 0 aromatic carbocycles. The van der Waals surface area contributed by atoms with Crippen LogP contribution in [0.4, 0.5) is 0 Å². The Morgan fingerprint density at radius 1 is 1.35 bits per heavy atom. The Morgan fingerprint density at radius 3 is 2.70 bits per heavy atom. The number of carbonyl (C=O) groups excluding carboxylic acids is 1. The Kier molecular flexibility index (Phi) is 4.73. The number of nitrogens with zero attached hydrogens (tertiary/aromatic N) is 3. The first-order chi connectivity index (χ1) is 9.59. The molecule has 0 bridgehead atoms. The number of nitrogens with one attached hydrogen (secondary N) is 1. The lowest BCUT2D eigenvalue weighted by Crippen LogP contribution is -2.41. The van der Waals surface area contributed by atoms with Crippen LogP contribution in [0.3, 0.4) is 0 Å². The lowest BCUT2D eigenvalue weighted by atomic mass is 10.1. The van der Waals surface area contributed by atoms with Gasteiger partial charge < -0.3 is 15.3 Å². The van der Waals surface area contributed by atoms with Gasteiger partial charge in [0.1, 0.15) is 5.56 Å². The summed E-state index contributed by atoms with van der Waals surface area (Å²) in [7, 11) is 1.69. The number of carboxylic acids is 1. The van der Waals surface area contributed by atoms with Crippen molar-refractivity contribution in [2.24, 2.45) is 7.05 Å². The zero-order valence-electron chi connectivity index (χ0n) is 11.6. The number of aromatic nitrogens is 2. The number of hydrogen-bond acceptors (Lipinski definition) is 4. The summed E-state index contributed by atoms with van der Waals surface area (Å²) < 4.78 is 1.52. The van der Waals surface area contributed by atoms with Gasteiger partial charge in [-0.1, -0.05) is 0 Å². The molecule has 2 rings (SSSR count). The van der Waals surface area contributed by atoms with Gasteiger partial charge in [0.05, 0.1) is 18.4 Å². The van der Waals surface area contributed by atoms with Crippen LogP contribution in [0.15, 0.2) is 6.20 Å². The quantitative estimate of drug-likeness (QED) is 0.805. The first kappa shape index (κ1) is 14.5. The van der Waals surface area contributed by atoms with Gasteiger partial charge in [-0.2, -0.15) is 5.10 Å². The van der Waals surface area contributed by atoms with Crippen LogP contribution in [-0.4, -0.2) is 51.3 Å². The van der Waals surface area contributed by atoms with Crippen LogP contribution in [0.25, 0.3) is 0 Å². The second-order valence-electron chi connectivity index (χ2n) is 4.98. The predicted octanol–water partition coefficient (Wildman–Crippen LogP) is 0.220. The van der Waals surface area contributed by atoms with Crippen LogP contribution in [0.1, 0.15) is 35.3 Å². The van der Waals surface area contributed by atoms with E-state index < -0.39 is 5.97 Å². The molecule has 1 saturated heterocycles. The maximum atomic E-state index is 12.0. The number of likely N-dealkylation sites (tertiary alicyclic amines) is 1. The van der Waals surface area contributed by atoms with Gasteiger partial charge in [-0.15, -0.1) is 0 Å². The Balaban J connectivity index is 1.85. The van der Waals surface area contributed by atoms with Crippen LogP contribution in [0, 0.1) is 0 Å². The van der Waals surface area contributed by atoms with E-state index in [4.69, 9.17) is 5.11 Å². The minimum Gasteiger partial charge on any atom is -0.478 e. The van der Waals surface area contributed by atoms with E-state index in [2.05, 4.69) is 10.4 Å². The average Bonchev–Trinajstić information content (AvgIpc) is 2.81. The molecule has 0 radical (unpaired) electrons. The van der Waals surface area contributed by atoms with Gasteiger partial charge in [-0.3, -0.25) is 9.48 Å². The minimum atomic E-state index is -1.00. The highest BCUT2D eigenvalue weighted by Gasteiger charge is 2.17. The standard InChI is InChI=1S/C13H20N4O3/c1-16-11(10(7-15-16)13(19)20)8-14-9-12(18)17-5-3-2-4-6-17/h7,14H,2-6,8-9H2,1H3,(H,19,20). The molecule has 0 saturated carbocycles. The molecule has 1 aliphatic rings. The maximum Gasteiger partial charge on any atom is 0.339 e. The summed E-state index contributed by atoms with van der Waals surface area (Å²) in [4.78, 5) is 24.8. The number of aromatic carboxylic acids is 1. The van der Waals surface area contributed by atoms with Crippen LogP contribution < -0.4 is 5.32 Å². The molecule has 0 aliphatic carbocycles. The molecule has 1 fully saturated rings. The van der Waals surface area contributed by atoms with E-state index in [1.165, 1.54) is 17.3 Å². The first-order valence-corrected chi connectivity index (χ1v) is 6.82. The number of amides is 1. The molecule has 20 heavy (non-hydrogen) atoms. The van der Waals surface area contributed by atoms with E-state index in [1.807, 2.05) is 4.90 Å². The van der Waals surface area contributed by atoms with Crippen LogP contribution in [0.5, 0.6) is 0 Å². The molecule has 7 nitrogen and oxygen atoms in total. The monoisotopic (exact) mass is 280 g/mol. The summed E-state index contributed by atoms with van der Waals surface area (Å²) in [6, 6.07) is 0. The van der Waals surface area contributed by atoms with E-state index in [0.717, 1.165) is 25.9 Å². The summed E-state index contributed by atoms with van der Waals surface area (Å²) in [5, 5.41) is 16.0. The molecule has 2 heterocycles. The highest BCUT2D eigenvalue weighted by atomic mass is 16.4. The van der Waals surface area contributed by atoms with Gasteiger partial charge in [0, 0.05) is 26.7 Å². The molecule has 1 aliphatic heterocycles. The largest absolute Gasteiger partial charge is 0.478 e. The molecule has 1 amide bonds. The Bertz CT molecular complexity index is 492. The Morgan fingerprint density at radius 2 is 2.05 bits per heavy atom. The molecule has 7 heteroatoms. The summed E-state index contributed by atoms with van der Waals surface area (Å²) in [6.07, 6.45) is 4.65. The van der Waals surface area contributed by atoms with Crippen molar-refractivity contribution in [3.8, 4) is 0 Å². The fraction of sp³-hybridized carbons (Fsp3) is 0.615. The molecule has 0 spiro atoms. The zero-order chi connectivity index (χ0) is 14.5. The van der Waals surface area contributed by atoms with Crippen LogP contribution >= 0.6 is 0 Å². The summed E-state index contributed by atoms with van der Waals surface area (Å²) in [5.41, 5.74) is 0.745. The predicted molar refractivity (Wildman–Crippen MR) is 72.3 cm³/mol. The van der Waals surface area contributed by atoms with Crippen molar-refractivity contribution in [2.75, 3.05) is 19.6 Å². The number of aryl methyl sites for hydroxylation is 1. The van der Waals surface area contributed by atoms with Crippen molar-refractivity contribution < 1.29 is 14.7 Å². The molecule has 1 aromatic heterocycles. The average molecular weight is 280 g/mol. The SMILES string of the molecule is Cn1ncc(C(=O)O)c1CNCC(=O)N1CCCCC1. The number of hydrogen-bond donors (Lipinski definition) is 2. The smallest absolute Gasteiger partial charge is 0.339 e. The summed E-state index contributed by atoms with van der Waals surface area (Å²) in [5.74, 6) is -0.930. The van der Waals surface area contributed by atoms with Crippen molar-refractivity contribution in [1.82, 2.24) is 20.0 Å². The number of rotatable bonds is 5. The minimum absolute atomic E-state index is 0.0729. The van der Waals surface area contributed by atoms with Gasteiger partial charge in [-0.05, 0) is 19.3 Å². The molecular weight excluding hydrogens is 260 g/mol. The van der Waals surface area contributed by atoms with E-state index in [1.54, 1.807) is 7.05 Å². The Labute approximate surface area is 117 Å². The van der Waals surface area contributed by atoms with Crippen LogP contribution in [-0.2, 0) is 18.4 Å². The van der Waals surface area contributed by atoms with E-state index >= 15 is 0 Å². The summed E-state index contributed by atoms with van der Waals surface area (Å²) in [6.45, 7) is 2.20. The highest BCUT2D eigenvalue weighted by Crippen LogP contribution is 2.09. The fourth-order valence-electron chi connectivity index (χ4n) is 2.39. The number of carboxylic acid groups (broad SMARTS) is 1. The highest BCUT2D eigenvalue weighted by molar-refractivity contribution is 5.88. The molecule has 0 unspecified atom stereocenters. The van der Waals surface area contributed by atoms with Crippen molar-refractivity contribution in [3.05, 3.63) is 17.5 Å². The molecule has 1 aromatic rings. The topological polar surface area (TPSA) is 87.5 Å².